The van der Waals surface area contributed by atoms with Gasteiger partial charge in [-0.05, 0) is 44.1 Å². The highest BCUT2D eigenvalue weighted by Gasteiger charge is 2.25. The molecule has 3 rings (SSSR count). The number of guanidine groups is 1. The smallest absolute Gasteiger partial charge is 0.194 e. The van der Waals surface area contributed by atoms with Gasteiger partial charge in [-0.3, -0.25) is 0 Å². The first-order chi connectivity index (χ1) is 14.6. The minimum atomic E-state index is 0.556. The van der Waals surface area contributed by atoms with E-state index >= 15 is 0 Å². The molecule has 1 N–H and O–H groups in total. The summed E-state index contributed by atoms with van der Waals surface area (Å²) in [5, 5.41) is 3.47. The first kappa shape index (κ1) is 22.3. The third-order valence-corrected chi connectivity index (χ3v) is 5.29. The molecule has 1 heterocycles. The Bertz CT molecular complexity index is 791. The van der Waals surface area contributed by atoms with E-state index in [1.807, 2.05) is 6.07 Å². The van der Waals surface area contributed by atoms with Crippen molar-refractivity contribution in [2.24, 2.45) is 10.9 Å². The number of ether oxygens (including phenoxy) is 1. The lowest BCUT2D eigenvalue weighted by Gasteiger charge is -2.22. The second-order valence-electron chi connectivity index (χ2n) is 8.33. The van der Waals surface area contributed by atoms with E-state index in [0.29, 0.717) is 19.1 Å². The molecule has 2 aromatic carbocycles. The van der Waals surface area contributed by atoms with Gasteiger partial charge in [0.25, 0.3) is 0 Å². The fourth-order valence-corrected chi connectivity index (χ4v) is 3.86. The van der Waals surface area contributed by atoms with E-state index in [4.69, 9.17) is 9.73 Å². The van der Waals surface area contributed by atoms with Crippen LogP contribution in [0.15, 0.2) is 59.6 Å². The zero-order chi connectivity index (χ0) is 21.2. The highest BCUT2D eigenvalue weighted by atomic mass is 16.5. The zero-order valence-electron chi connectivity index (χ0n) is 18.7. The van der Waals surface area contributed by atoms with Gasteiger partial charge in [0, 0.05) is 32.1 Å². The number of aliphatic imine (C=N–C) groups is 1. The van der Waals surface area contributed by atoms with Crippen LogP contribution in [0.1, 0.15) is 30.0 Å². The topological polar surface area (TPSA) is 40.1 Å². The first-order valence-corrected chi connectivity index (χ1v) is 11.0. The number of nitrogens with zero attached hydrogens (tertiary/aromatic N) is 3. The van der Waals surface area contributed by atoms with Crippen LogP contribution in [0.2, 0.25) is 0 Å². The Morgan fingerprint density at radius 2 is 1.87 bits per heavy atom. The molecule has 162 valence electrons. The highest BCUT2D eigenvalue weighted by Crippen LogP contribution is 2.18. The largest absolute Gasteiger partial charge is 0.376 e. The average molecular weight is 409 g/mol. The molecule has 0 spiro atoms. The summed E-state index contributed by atoms with van der Waals surface area (Å²) >= 11 is 0. The maximum absolute atomic E-state index is 5.97. The van der Waals surface area contributed by atoms with Crippen LogP contribution in [0.3, 0.4) is 0 Å². The lowest BCUT2D eigenvalue weighted by atomic mass is 10.1. The number of benzene rings is 2. The lowest BCUT2D eigenvalue weighted by Crippen LogP contribution is -2.40. The molecule has 1 unspecified atom stereocenters. The molecule has 1 aliphatic rings. The van der Waals surface area contributed by atoms with Crippen LogP contribution in [0.5, 0.6) is 0 Å². The predicted molar refractivity (Wildman–Crippen MR) is 124 cm³/mol. The van der Waals surface area contributed by atoms with Gasteiger partial charge in [-0.15, -0.1) is 0 Å². The minimum absolute atomic E-state index is 0.556. The van der Waals surface area contributed by atoms with Gasteiger partial charge in [-0.2, -0.15) is 0 Å². The van der Waals surface area contributed by atoms with E-state index in [0.717, 1.165) is 45.2 Å². The third-order valence-electron chi connectivity index (χ3n) is 5.29. The van der Waals surface area contributed by atoms with E-state index in [2.05, 4.69) is 84.7 Å². The van der Waals surface area contributed by atoms with E-state index in [1.54, 1.807) is 0 Å². The van der Waals surface area contributed by atoms with Crippen LogP contribution in [0.4, 0.5) is 0 Å². The van der Waals surface area contributed by atoms with Crippen molar-refractivity contribution in [1.82, 2.24) is 15.1 Å². The molecule has 0 saturated carbocycles. The Balaban J connectivity index is 1.52. The zero-order valence-corrected chi connectivity index (χ0v) is 18.7. The van der Waals surface area contributed by atoms with Crippen molar-refractivity contribution in [2.75, 3.05) is 40.3 Å². The van der Waals surface area contributed by atoms with Crippen molar-refractivity contribution in [3.8, 4) is 0 Å². The van der Waals surface area contributed by atoms with Gasteiger partial charge in [-0.1, -0.05) is 54.6 Å². The second kappa shape index (κ2) is 11.7. The number of hydrogen-bond donors (Lipinski definition) is 1. The molecular formula is C25H36N4O. The molecule has 0 radical (unpaired) electrons. The van der Waals surface area contributed by atoms with Crippen molar-refractivity contribution in [2.45, 2.75) is 33.0 Å². The Morgan fingerprint density at radius 3 is 2.63 bits per heavy atom. The molecule has 0 aliphatic carbocycles. The molecule has 5 nitrogen and oxygen atoms in total. The molecular weight excluding hydrogens is 372 g/mol. The Hall–Kier alpha value is -2.37. The summed E-state index contributed by atoms with van der Waals surface area (Å²) in [4.78, 5) is 9.50. The van der Waals surface area contributed by atoms with Crippen LogP contribution in [-0.4, -0.2) is 56.1 Å². The summed E-state index contributed by atoms with van der Waals surface area (Å²) in [5.41, 5.74) is 3.82. The van der Waals surface area contributed by atoms with Crippen LogP contribution >= 0.6 is 0 Å². The first-order valence-electron chi connectivity index (χ1n) is 11.0. The SMILES string of the molecule is CCNC(=NCc1cccc(CN(C)C)c1)N1CCC(COCc2ccccc2)C1. The van der Waals surface area contributed by atoms with Crippen LogP contribution in [0, 0.1) is 5.92 Å². The number of likely N-dealkylation sites (tertiary alicyclic amines) is 1. The van der Waals surface area contributed by atoms with E-state index < -0.39 is 0 Å². The van der Waals surface area contributed by atoms with E-state index in [9.17, 15) is 0 Å². The van der Waals surface area contributed by atoms with E-state index in [-0.39, 0.29) is 0 Å². The maximum Gasteiger partial charge on any atom is 0.194 e. The summed E-state index contributed by atoms with van der Waals surface area (Å²) in [7, 11) is 4.20. The third kappa shape index (κ3) is 7.15. The summed E-state index contributed by atoms with van der Waals surface area (Å²) in [6.45, 7) is 8.19. The fourth-order valence-electron chi connectivity index (χ4n) is 3.86. The van der Waals surface area contributed by atoms with Crippen molar-refractivity contribution >= 4 is 5.96 Å². The van der Waals surface area contributed by atoms with Crippen LogP contribution in [-0.2, 0) is 24.4 Å². The Morgan fingerprint density at radius 1 is 1.10 bits per heavy atom. The summed E-state index contributed by atoms with van der Waals surface area (Å²) in [6, 6.07) is 19.1. The van der Waals surface area contributed by atoms with Crippen molar-refractivity contribution in [3.05, 3.63) is 71.3 Å². The van der Waals surface area contributed by atoms with Crippen LogP contribution < -0.4 is 5.32 Å². The van der Waals surface area contributed by atoms with Gasteiger partial charge < -0.3 is 19.9 Å². The number of hydrogen-bond acceptors (Lipinski definition) is 3. The van der Waals surface area contributed by atoms with Gasteiger partial charge in [0.1, 0.15) is 0 Å². The molecule has 1 aliphatic heterocycles. The molecule has 0 aromatic heterocycles. The standard InChI is InChI=1S/C25H36N4O/c1-4-26-25(27-16-22-11-8-12-23(15-22)17-28(2)3)29-14-13-24(18-29)20-30-19-21-9-6-5-7-10-21/h5-12,15,24H,4,13-14,16-20H2,1-3H3,(H,26,27). The molecule has 2 aromatic rings. The fraction of sp³-hybridized carbons (Fsp3) is 0.480. The predicted octanol–water partition coefficient (Wildman–Crippen LogP) is 3.75. The number of rotatable bonds is 9. The summed E-state index contributed by atoms with van der Waals surface area (Å²) in [6.07, 6.45) is 1.15. The maximum atomic E-state index is 5.97. The highest BCUT2D eigenvalue weighted by molar-refractivity contribution is 5.80. The van der Waals surface area contributed by atoms with Gasteiger partial charge in [-0.25, -0.2) is 4.99 Å². The van der Waals surface area contributed by atoms with E-state index in [1.165, 1.54) is 16.7 Å². The molecule has 0 amide bonds. The average Bonchev–Trinajstić information content (AvgIpc) is 3.20. The van der Waals surface area contributed by atoms with Gasteiger partial charge in [0.05, 0.1) is 19.8 Å². The molecule has 5 heteroatoms. The number of nitrogens with one attached hydrogen (secondary N) is 1. The minimum Gasteiger partial charge on any atom is -0.376 e. The normalized spacial score (nSPS) is 17.0. The molecule has 1 atom stereocenters. The molecule has 30 heavy (non-hydrogen) atoms. The van der Waals surface area contributed by atoms with Crippen molar-refractivity contribution < 1.29 is 4.74 Å². The Labute approximate surface area is 181 Å². The monoisotopic (exact) mass is 408 g/mol. The second-order valence-corrected chi connectivity index (χ2v) is 8.33. The lowest BCUT2D eigenvalue weighted by molar-refractivity contribution is 0.0906. The van der Waals surface area contributed by atoms with Crippen LogP contribution in [0.25, 0.3) is 0 Å². The quantitative estimate of drug-likeness (QED) is 0.507. The van der Waals surface area contributed by atoms with Gasteiger partial charge in [0.2, 0.25) is 0 Å². The molecule has 1 fully saturated rings. The summed E-state index contributed by atoms with van der Waals surface area (Å²) < 4.78 is 5.97. The Kier molecular flexibility index (Phi) is 8.72. The van der Waals surface area contributed by atoms with Gasteiger partial charge in [0.15, 0.2) is 5.96 Å². The van der Waals surface area contributed by atoms with Gasteiger partial charge >= 0.3 is 0 Å². The van der Waals surface area contributed by atoms with Crippen molar-refractivity contribution in [1.29, 1.82) is 0 Å². The molecule has 1 saturated heterocycles. The summed E-state index contributed by atoms with van der Waals surface area (Å²) in [5.74, 6) is 1.57. The van der Waals surface area contributed by atoms with Crippen molar-refractivity contribution in [3.63, 3.8) is 0 Å². The molecule has 0 bridgehead atoms.